The molecule has 23 heavy (non-hydrogen) atoms. The summed E-state index contributed by atoms with van der Waals surface area (Å²) in [5.41, 5.74) is -0.221. The van der Waals surface area contributed by atoms with E-state index >= 15 is 0 Å². The number of halogens is 1. The van der Waals surface area contributed by atoms with E-state index in [2.05, 4.69) is 11.9 Å². The molecule has 4 nitrogen and oxygen atoms in total. The van der Waals surface area contributed by atoms with Gasteiger partial charge < -0.3 is 5.11 Å². The molecule has 0 saturated carbocycles. The number of aliphatic hydroxyl groups is 1. The van der Waals surface area contributed by atoms with Crippen LogP contribution in [0.5, 0.6) is 0 Å². The van der Waals surface area contributed by atoms with Crippen molar-refractivity contribution in [3.63, 3.8) is 0 Å². The fourth-order valence-corrected chi connectivity index (χ4v) is 3.30. The van der Waals surface area contributed by atoms with Crippen LogP contribution >= 0.6 is 11.6 Å². The minimum Gasteiger partial charge on any atom is -0.353 e. The zero-order chi connectivity index (χ0) is 16.3. The molecule has 0 amide bonds. The molecule has 1 N–H and O–H groups in total. The van der Waals surface area contributed by atoms with Gasteiger partial charge in [0, 0.05) is 16.7 Å². The molecule has 1 aliphatic rings. The summed E-state index contributed by atoms with van der Waals surface area (Å²) in [4.78, 5) is 6.50. The van der Waals surface area contributed by atoms with E-state index in [-0.39, 0.29) is 0 Å². The average Bonchev–Trinajstić information content (AvgIpc) is 2.85. The van der Waals surface area contributed by atoms with Gasteiger partial charge in [-0.1, -0.05) is 54.9 Å². The Morgan fingerprint density at radius 1 is 1.26 bits per heavy atom. The van der Waals surface area contributed by atoms with E-state index in [4.69, 9.17) is 11.6 Å². The first-order valence-corrected chi connectivity index (χ1v) is 8.63. The number of nitrogens with zero attached hydrogens (tertiary/aromatic N) is 3. The second-order valence-electron chi connectivity index (χ2n) is 6.08. The van der Waals surface area contributed by atoms with Gasteiger partial charge in [-0.3, -0.25) is 0 Å². The summed E-state index contributed by atoms with van der Waals surface area (Å²) in [6, 6.07) is 9.34. The first-order chi connectivity index (χ1) is 11.1. The molecule has 2 heterocycles. The molecule has 1 aliphatic heterocycles. The maximum atomic E-state index is 11.4. The highest BCUT2D eigenvalue weighted by atomic mass is 35.5. The van der Waals surface area contributed by atoms with E-state index in [0.717, 1.165) is 30.9 Å². The number of anilines is 1. The molecule has 0 spiro atoms. The third kappa shape index (κ3) is 3.19. The molecular weight excluding hydrogens is 310 g/mol. The van der Waals surface area contributed by atoms with Gasteiger partial charge in [0.1, 0.15) is 12.7 Å². The maximum Gasteiger partial charge on any atom is 0.396 e. The Hall–Kier alpha value is -1.65. The second kappa shape index (κ2) is 6.85. The zero-order valence-corrected chi connectivity index (χ0v) is 14.2. The van der Waals surface area contributed by atoms with E-state index < -0.39 is 5.72 Å². The fraction of sp³-hybridized carbons (Fsp3) is 0.444. The van der Waals surface area contributed by atoms with Gasteiger partial charge in [-0.15, -0.1) is 0 Å². The number of fused-ring (bicyclic) bond motifs is 1. The maximum absolute atomic E-state index is 11.4. The van der Waals surface area contributed by atoms with Crippen LogP contribution in [0.25, 0.3) is 0 Å². The van der Waals surface area contributed by atoms with Crippen LogP contribution in [0.1, 0.15) is 38.2 Å². The smallest absolute Gasteiger partial charge is 0.353 e. The van der Waals surface area contributed by atoms with Gasteiger partial charge in [0.15, 0.2) is 0 Å². The molecular formula is C18H23ClN3O+. The molecule has 1 aromatic heterocycles. The summed E-state index contributed by atoms with van der Waals surface area (Å²) < 4.78 is 2.01. The van der Waals surface area contributed by atoms with Gasteiger partial charge in [-0.2, -0.15) is 0 Å². The lowest BCUT2D eigenvalue weighted by molar-refractivity contribution is -0.685. The molecule has 0 aliphatic carbocycles. The van der Waals surface area contributed by atoms with Crippen LogP contribution in [0.2, 0.25) is 5.02 Å². The monoisotopic (exact) mass is 332 g/mol. The van der Waals surface area contributed by atoms with Gasteiger partial charge in [-0.25, -0.2) is 9.47 Å². The molecule has 0 unspecified atom stereocenters. The molecule has 122 valence electrons. The Morgan fingerprint density at radius 3 is 2.78 bits per heavy atom. The number of aromatic nitrogens is 2. The summed E-state index contributed by atoms with van der Waals surface area (Å²) in [7, 11) is 0. The summed E-state index contributed by atoms with van der Waals surface area (Å²) in [6.07, 6.45) is 8.37. The Balaban J connectivity index is 1.90. The van der Waals surface area contributed by atoms with E-state index in [1.54, 1.807) is 6.20 Å². The standard InChI is InChI=1S/C18H23ClN3O/c1-2-3-4-5-13-22-17-20-11-6-12-21(17)14-18(22,23)15-7-9-16(19)10-8-15/h6-12,23H,2-5,13-14H2,1H3/q+1/t18-/m1/s1. The van der Waals surface area contributed by atoms with Crippen molar-refractivity contribution < 1.29 is 9.67 Å². The number of unbranched alkanes of at least 4 members (excludes halogenated alkanes) is 3. The molecule has 2 aromatic rings. The van der Waals surface area contributed by atoms with Crippen LogP contribution in [0, 0.1) is 0 Å². The van der Waals surface area contributed by atoms with Crippen molar-refractivity contribution in [3.05, 3.63) is 53.3 Å². The number of hydrogen-bond acceptors (Lipinski definition) is 3. The third-order valence-corrected chi connectivity index (χ3v) is 4.67. The highest BCUT2D eigenvalue weighted by Crippen LogP contribution is 2.34. The van der Waals surface area contributed by atoms with Crippen LogP contribution in [-0.2, 0) is 12.3 Å². The van der Waals surface area contributed by atoms with Gasteiger partial charge in [0.25, 0.3) is 0 Å². The van der Waals surface area contributed by atoms with Crippen molar-refractivity contribution in [2.24, 2.45) is 0 Å². The van der Waals surface area contributed by atoms with Gasteiger partial charge in [-0.05, 0) is 18.6 Å². The van der Waals surface area contributed by atoms with Gasteiger partial charge in [0.05, 0.1) is 12.7 Å². The Bertz CT molecular complexity index is 662. The van der Waals surface area contributed by atoms with Crippen molar-refractivity contribution in [1.29, 1.82) is 0 Å². The van der Waals surface area contributed by atoms with E-state index in [0.29, 0.717) is 11.6 Å². The van der Waals surface area contributed by atoms with Crippen LogP contribution in [0.3, 0.4) is 0 Å². The third-order valence-electron chi connectivity index (χ3n) is 4.42. The summed E-state index contributed by atoms with van der Waals surface area (Å²) in [6.45, 7) is 3.47. The lowest BCUT2D eigenvalue weighted by Crippen LogP contribution is -2.46. The Morgan fingerprint density at radius 2 is 2.04 bits per heavy atom. The lowest BCUT2D eigenvalue weighted by atomic mass is 10.0. The minimum atomic E-state index is -1.07. The number of rotatable bonds is 6. The molecule has 1 atom stereocenters. The molecule has 0 bridgehead atoms. The van der Waals surface area contributed by atoms with Crippen molar-refractivity contribution in [2.75, 3.05) is 11.4 Å². The highest BCUT2D eigenvalue weighted by Gasteiger charge is 2.50. The molecule has 1 aromatic carbocycles. The first kappa shape index (κ1) is 16.2. The van der Waals surface area contributed by atoms with E-state index in [9.17, 15) is 5.11 Å². The predicted molar refractivity (Wildman–Crippen MR) is 91.3 cm³/mol. The van der Waals surface area contributed by atoms with Crippen molar-refractivity contribution >= 4 is 17.5 Å². The highest BCUT2D eigenvalue weighted by molar-refractivity contribution is 6.30. The lowest BCUT2D eigenvalue weighted by Gasteiger charge is -2.28. The van der Waals surface area contributed by atoms with E-state index in [1.807, 2.05) is 46.0 Å². The molecule has 0 radical (unpaired) electrons. The topological polar surface area (TPSA) is 40.2 Å². The second-order valence-corrected chi connectivity index (χ2v) is 6.52. The quantitative estimate of drug-likeness (QED) is 0.652. The summed E-state index contributed by atoms with van der Waals surface area (Å²) >= 11 is 5.99. The van der Waals surface area contributed by atoms with Crippen LogP contribution in [0.15, 0.2) is 42.7 Å². The van der Waals surface area contributed by atoms with E-state index in [1.165, 1.54) is 12.8 Å². The first-order valence-electron chi connectivity index (χ1n) is 8.25. The molecule has 3 rings (SSSR count). The molecule has 5 heteroatoms. The van der Waals surface area contributed by atoms with Gasteiger partial charge in [0.2, 0.25) is 5.72 Å². The SMILES string of the molecule is CCCCCCN1c2nccc[n+]2C[C@@]1(O)c1ccc(Cl)cc1. The Kier molecular flexibility index (Phi) is 4.83. The largest absolute Gasteiger partial charge is 0.396 e. The van der Waals surface area contributed by atoms with Gasteiger partial charge >= 0.3 is 5.95 Å². The van der Waals surface area contributed by atoms with Crippen LogP contribution < -0.4 is 9.47 Å². The van der Waals surface area contributed by atoms with Crippen LogP contribution in [0.4, 0.5) is 5.95 Å². The average molecular weight is 333 g/mol. The minimum absolute atomic E-state index is 0.478. The normalized spacial score (nSPS) is 19.9. The molecule has 0 saturated heterocycles. The van der Waals surface area contributed by atoms with Crippen molar-refractivity contribution in [2.45, 2.75) is 44.9 Å². The van der Waals surface area contributed by atoms with Crippen molar-refractivity contribution in [3.8, 4) is 0 Å². The summed E-state index contributed by atoms with van der Waals surface area (Å²) in [5, 5.41) is 12.1. The van der Waals surface area contributed by atoms with Crippen LogP contribution in [-0.4, -0.2) is 16.6 Å². The fourth-order valence-electron chi connectivity index (χ4n) is 3.17. The zero-order valence-electron chi connectivity index (χ0n) is 13.5. The Labute approximate surface area is 142 Å². The molecule has 0 fully saturated rings. The predicted octanol–water partition coefficient (Wildman–Crippen LogP) is 3.27. The number of benzene rings is 1. The number of hydrogen-bond donors (Lipinski definition) is 1. The van der Waals surface area contributed by atoms with Crippen molar-refractivity contribution in [1.82, 2.24) is 4.98 Å². The summed E-state index contributed by atoms with van der Waals surface area (Å²) in [5.74, 6) is 0.821.